The summed E-state index contributed by atoms with van der Waals surface area (Å²) in [6.07, 6.45) is 2.19. The molecule has 24 heavy (non-hydrogen) atoms. The van der Waals surface area contributed by atoms with Crippen LogP contribution in [-0.4, -0.2) is 32.1 Å². The molecule has 0 unspecified atom stereocenters. The van der Waals surface area contributed by atoms with Gasteiger partial charge in [-0.05, 0) is 43.2 Å². The number of aromatic nitrogens is 1. The van der Waals surface area contributed by atoms with Crippen LogP contribution in [0, 0.1) is 0 Å². The van der Waals surface area contributed by atoms with Crippen molar-refractivity contribution in [3.63, 3.8) is 0 Å². The van der Waals surface area contributed by atoms with Crippen LogP contribution < -0.4 is 14.2 Å². The van der Waals surface area contributed by atoms with Gasteiger partial charge in [-0.3, -0.25) is 9.78 Å². The summed E-state index contributed by atoms with van der Waals surface area (Å²) in [6, 6.07) is 5.80. The van der Waals surface area contributed by atoms with E-state index < -0.39 is 5.41 Å². The smallest absolute Gasteiger partial charge is 0.203 e. The number of carbonyl (C=O) groups is 1. The van der Waals surface area contributed by atoms with Gasteiger partial charge in [-0.2, -0.15) is 0 Å². The number of Topliss-reactive ketones (excluding diaryl/α,β-unsaturated/α-hetero) is 1. The van der Waals surface area contributed by atoms with Gasteiger partial charge in [-0.15, -0.1) is 0 Å². The van der Waals surface area contributed by atoms with Gasteiger partial charge in [-0.1, -0.05) is 0 Å². The second kappa shape index (κ2) is 5.82. The molecule has 3 rings (SSSR count). The second-order valence-corrected chi connectivity index (χ2v) is 6.36. The first kappa shape index (κ1) is 16.3. The van der Waals surface area contributed by atoms with E-state index >= 15 is 0 Å². The third kappa shape index (κ3) is 2.40. The van der Waals surface area contributed by atoms with E-state index in [0.717, 1.165) is 22.4 Å². The number of rotatable bonds is 4. The zero-order chi connectivity index (χ0) is 17.5. The number of hydrogen-bond donors (Lipinski definition) is 0. The maximum atomic E-state index is 12.2. The molecule has 0 spiro atoms. The SMILES string of the molecule is COc1cc(-c2cnc3c(c2)C(C)(C)C(=O)C3)cc(OC)c1OC. The highest BCUT2D eigenvalue weighted by Gasteiger charge is 2.39. The van der Waals surface area contributed by atoms with Crippen molar-refractivity contribution in [2.24, 2.45) is 0 Å². The highest BCUT2D eigenvalue weighted by atomic mass is 16.5. The summed E-state index contributed by atoms with van der Waals surface area (Å²) in [5.74, 6) is 1.92. The zero-order valence-electron chi connectivity index (χ0n) is 14.6. The van der Waals surface area contributed by atoms with Crippen molar-refractivity contribution in [1.29, 1.82) is 0 Å². The highest BCUT2D eigenvalue weighted by molar-refractivity contribution is 5.95. The molecule has 0 bridgehead atoms. The minimum Gasteiger partial charge on any atom is -0.493 e. The average molecular weight is 327 g/mol. The Morgan fingerprint density at radius 3 is 2.12 bits per heavy atom. The molecule has 1 aromatic heterocycles. The maximum absolute atomic E-state index is 12.2. The summed E-state index contributed by atoms with van der Waals surface area (Å²) in [5, 5.41) is 0. The van der Waals surface area contributed by atoms with Crippen molar-refractivity contribution >= 4 is 5.78 Å². The molecule has 5 heteroatoms. The maximum Gasteiger partial charge on any atom is 0.203 e. The number of benzene rings is 1. The normalized spacial score (nSPS) is 15.1. The molecule has 0 radical (unpaired) electrons. The molecule has 0 saturated heterocycles. The van der Waals surface area contributed by atoms with E-state index in [4.69, 9.17) is 14.2 Å². The van der Waals surface area contributed by atoms with E-state index in [1.165, 1.54) is 0 Å². The summed E-state index contributed by atoms with van der Waals surface area (Å²) >= 11 is 0. The Labute approximate surface area is 141 Å². The molecule has 1 aromatic carbocycles. The van der Waals surface area contributed by atoms with Crippen LogP contribution >= 0.6 is 0 Å². The van der Waals surface area contributed by atoms with E-state index in [9.17, 15) is 4.79 Å². The van der Waals surface area contributed by atoms with Crippen molar-refractivity contribution in [1.82, 2.24) is 4.98 Å². The molecule has 1 aliphatic rings. The Hall–Kier alpha value is -2.56. The second-order valence-electron chi connectivity index (χ2n) is 6.36. The van der Waals surface area contributed by atoms with Crippen molar-refractivity contribution < 1.29 is 19.0 Å². The van der Waals surface area contributed by atoms with Crippen LogP contribution in [0.1, 0.15) is 25.1 Å². The number of methoxy groups -OCH3 is 3. The van der Waals surface area contributed by atoms with Gasteiger partial charge >= 0.3 is 0 Å². The standard InChI is InChI=1S/C19H21NO4/c1-19(2)13-6-12(10-20-14(13)9-17(19)21)11-7-15(22-3)18(24-5)16(8-11)23-4/h6-8,10H,9H2,1-5H3. The van der Waals surface area contributed by atoms with Gasteiger partial charge < -0.3 is 14.2 Å². The molecular formula is C19H21NO4. The summed E-state index contributed by atoms with van der Waals surface area (Å²) in [7, 11) is 4.75. The molecule has 1 heterocycles. The molecule has 2 aromatic rings. The first-order valence-electron chi connectivity index (χ1n) is 7.75. The number of nitrogens with zero attached hydrogens (tertiary/aromatic N) is 1. The largest absolute Gasteiger partial charge is 0.493 e. The van der Waals surface area contributed by atoms with E-state index in [0.29, 0.717) is 23.7 Å². The van der Waals surface area contributed by atoms with Crippen LogP contribution in [0.3, 0.4) is 0 Å². The van der Waals surface area contributed by atoms with Crippen LogP contribution in [-0.2, 0) is 16.6 Å². The van der Waals surface area contributed by atoms with E-state index in [2.05, 4.69) is 4.98 Å². The Morgan fingerprint density at radius 1 is 0.958 bits per heavy atom. The van der Waals surface area contributed by atoms with Crippen LogP contribution in [0.2, 0.25) is 0 Å². The van der Waals surface area contributed by atoms with Gasteiger partial charge in [0.05, 0.1) is 32.4 Å². The topological polar surface area (TPSA) is 57.7 Å². The fourth-order valence-corrected chi connectivity index (χ4v) is 3.10. The summed E-state index contributed by atoms with van der Waals surface area (Å²) in [5.41, 5.74) is 3.16. The number of carbonyl (C=O) groups excluding carboxylic acids is 1. The Morgan fingerprint density at radius 2 is 1.58 bits per heavy atom. The van der Waals surface area contributed by atoms with Gasteiger partial charge in [0, 0.05) is 18.2 Å². The lowest BCUT2D eigenvalue weighted by Gasteiger charge is -2.18. The average Bonchev–Trinajstić information content (AvgIpc) is 2.82. The summed E-state index contributed by atoms with van der Waals surface area (Å²) in [6.45, 7) is 3.89. The van der Waals surface area contributed by atoms with E-state index in [-0.39, 0.29) is 5.78 Å². The lowest BCUT2D eigenvalue weighted by atomic mass is 9.85. The Bertz CT molecular complexity index is 786. The molecule has 126 valence electrons. The van der Waals surface area contributed by atoms with Gasteiger partial charge in [0.15, 0.2) is 11.5 Å². The van der Waals surface area contributed by atoms with Crippen molar-refractivity contribution in [2.45, 2.75) is 25.7 Å². The fourth-order valence-electron chi connectivity index (χ4n) is 3.10. The summed E-state index contributed by atoms with van der Waals surface area (Å²) in [4.78, 5) is 16.7. The first-order valence-corrected chi connectivity index (χ1v) is 7.75. The number of pyridine rings is 1. The first-order chi connectivity index (χ1) is 11.4. The lowest BCUT2D eigenvalue weighted by molar-refractivity contribution is -0.121. The third-order valence-electron chi connectivity index (χ3n) is 4.67. The molecule has 0 N–H and O–H groups in total. The summed E-state index contributed by atoms with van der Waals surface area (Å²) < 4.78 is 16.2. The van der Waals surface area contributed by atoms with Gasteiger partial charge in [0.25, 0.3) is 0 Å². The van der Waals surface area contributed by atoms with Crippen LogP contribution in [0.4, 0.5) is 0 Å². The monoisotopic (exact) mass is 327 g/mol. The molecule has 0 atom stereocenters. The van der Waals surface area contributed by atoms with Crippen LogP contribution in [0.5, 0.6) is 17.2 Å². The molecule has 5 nitrogen and oxygen atoms in total. The van der Waals surface area contributed by atoms with Gasteiger partial charge in [0.2, 0.25) is 5.75 Å². The lowest BCUT2D eigenvalue weighted by Crippen LogP contribution is -2.23. The number of ketones is 1. The van der Waals surface area contributed by atoms with Gasteiger partial charge in [-0.25, -0.2) is 0 Å². The Kier molecular flexibility index (Phi) is 3.95. The molecular weight excluding hydrogens is 306 g/mol. The van der Waals surface area contributed by atoms with E-state index in [1.54, 1.807) is 27.5 Å². The minimum atomic E-state index is -0.501. The Balaban J connectivity index is 2.14. The molecule has 0 fully saturated rings. The molecule has 1 aliphatic carbocycles. The zero-order valence-corrected chi connectivity index (χ0v) is 14.6. The van der Waals surface area contributed by atoms with E-state index in [1.807, 2.05) is 32.0 Å². The number of hydrogen-bond acceptors (Lipinski definition) is 5. The van der Waals surface area contributed by atoms with Crippen LogP contribution in [0.25, 0.3) is 11.1 Å². The number of fused-ring (bicyclic) bond motifs is 1. The van der Waals surface area contributed by atoms with Crippen LogP contribution in [0.15, 0.2) is 24.4 Å². The molecule has 0 aliphatic heterocycles. The highest BCUT2D eigenvalue weighted by Crippen LogP contribution is 2.42. The number of ether oxygens (including phenoxy) is 3. The quantitative estimate of drug-likeness (QED) is 0.863. The molecule has 0 amide bonds. The van der Waals surface area contributed by atoms with Crippen molar-refractivity contribution in [3.8, 4) is 28.4 Å². The minimum absolute atomic E-state index is 0.201. The fraction of sp³-hybridized carbons (Fsp3) is 0.368. The van der Waals surface area contributed by atoms with Gasteiger partial charge in [0.1, 0.15) is 5.78 Å². The van der Waals surface area contributed by atoms with Crippen molar-refractivity contribution in [3.05, 3.63) is 35.7 Å². The predicted octanol–water partition coefficient (Wildman–Crippen LogP) is 3.18. The van der Waals surface area contributed by atoms with Crippen molar-refractivity contribution in [2.75, 3.05) is 21.3 Å². The molecule has 0 saturated carbocycles. The third-order valence-corrected chi connectivity index (χ3v) is 4.67. The predicted molar refractivity (Wildman–Crippen MR) is 91.1 cm³/mol.